The Morgan fingerprint density at radius 2 is 2.30 bits per heavy atom. The molecule has 1 fully saturated rings. The largest absolute Gasteiger partial charge is 0.351 e. The standard InChI is InChI=1S/C13H21N5O2/c1-16(7-10-6-15-17(2)8-10)12(19)11-4-3-5-18(9-11)13(14)20/h6,8,11H,3-5,7,9H2,1-2H3,(H2,14,20)/t11-/m1/s1. The summed E-state index contributed by atoms with van der Waals surface area (Å²) in [7, 11) is 3.62. The van der Waals surface area contributed by atoms with Crippen LogP contribution in [0.25, 0.3) is 0 Å². The Bertz CT molecular complexity index is 499. The topological polar surface area (TPSA) is 84.5 Å². The quantitative estimate of drug-likeness (QED) is 0.856. The fourth-order valence-electron chi connectivity index (χ4n) is 2.60. The van der Waals surface area contributed by atoms with Gasteiger partial charge in [0.25, 0.3) is 0 Å². The van der Waals surface area contributed by atoms with E-state index in [0.717, 1.165) is 18.4 Å². The van der Waals surface area contributed by atoms with E-state index in [9.17, 15) is 9.59 Å². The molecule has 0 saturated carbocycles. The maximum atomic E-state index is 12.4. The molecule has 1 aliphatic rings. The predicted molar refractivity (Wildman–Crippen MR) is 73.6 cm³/mol. The van der Waals surface area contributed by atoms with Crippen molar-refractivity contribution in [3.8, 4) is 0 Å². The number of hydrogen-bond acceptors (Lipinski definition) is 3. The number of aryl methyl sites for hydroxylation is 1. The number of nitrogens with two attached hydrogens (primary N) is 1. The summed E-state index contributed by atoms with van der Waals surface area (Å²) in [5.41, 5.74) is 6.27. The van der Waals surface area contributed by atoms with Crippen LogP contribution in [0.2, 0.25) is 0 Å². The Hall–Kier alpha value is -2.05. The van der Waals surface area contributed by atoms with Gasteiger partial charge < -0.3 is 15.5 Å². The third kappa shape index (κ3) is 3.28. The molecule has 1 aromatic rings. The van der Waals surface area contributed by atoms with Gasteiger partial charge in [-0.05, 0) is 12.8 Å². The Morgan fingerprint density at radius 1 is 1.55 bits per heavy atom. The van der Waals surface area contributed by atoms with Crippen molar-refractivity contribution in [3.63, 3.8) is 0 Å². The summed E-state index contributed by atoms with van der Waals surface area (Å²) in [6, 6.07) is -0.447. The second-order valence-electron chi connectivity index (χ2n) is 5.34. The fourth-order valence-corrected chi connectivity index (χ4v) is 2.60. The molecule has 0 unspecified atom stereocenters. The lowest BCUT2D eigenvalue weighted by atomic mass is 9.97. The summed E-state index contributed by atoms with van der Waals surface area (Å²) >= 11 is 0. The van der Waals surface area contributed by atoms with E-state index < -0.39 is 6.03 Å². The number of nitrogens with zero attached hydrogens (tertiary/aromatic N) is 4. The van der Waals surface area contributed by atoms with Crippen LogP contribution in [0.1, 0.15) is 18.4 Å². The third-order valence-corrected chi connectivity index (χ3v) is 3.64. The molecule has 2 N–H and O–H groups in total. The van der Waals surface area contributed by atoms with Crippen LogP contribution >= 0.6 is 0 Å². The van der Waals surface area contributed by atoms with Gasteiger partial charge in [0, 0.05) is 45.5 Å². The van der Waals surface area contributed by atoms with E-state index in [1.54, 1.807) is 27.7 Å². The first kappa shape index (κ1) is 14.4. The number of aromatic nitrogens is 2. The molecule has 3 amide bonds. The molecule has 0 aromatic carbocycles. The molecule has 1 aromatic heterocycles. The SMILES string of the molecule is CN(Cc1cnn(C)c1)C(=O)[C@@H]1CCCN(C(N)=O)C1. The second-order valence-corrected chi connectivity index (χ2v) is 5.34. The summed E-state index contributed by atoms with van der Waals surface area (Å²) in [5, 5.41) is 4.09. The zero-order chi connectivity index (χ0) is 14.7. The summed E-state index contributed by atoms with van der Waals surface area (Å²) in [6.07, 6.45) is 5.26. The molecule has 0 radical (unpaired) electrons. The number of carbonyl (C=O) groups excluding carboxylic acids is 2. The van der Waals surface area contributed by atoms with Gasteiger partial charge in [0.05, 0.1) is 12.1 Å². The van der Waals surface area contributed by atoms with Crippen molar-refractivity contribution in [3.05, 3.63) is 18.0 Å². The summed E-state index contributed by atoms with van der Waals surface area (Å²) in [6.45, 7) is 1.59. The number of primary amides is 1. The van der Waals surface area contributed by atoms with Crippen LogP contribution < -0.4 is 5.73 Å². The van der Waals surface area contributed by atoms with E-state index in [2.05, 4.69) is 5.10 Å². The molecule has 1 saturated heterocycles. The highest BCUT2D eigenvalue weighted by molar-refractivity contribution is 5.80. The summed E-state index contributed by atoms with van der Waals surface area (Å²) in [4.78, 5) is 26.8. The van der Waals surface area contributed by atoms with Crippen LogP contribution in [0, 0.1) is 5.92 Å². The van der Waals surface area contributed by atoms with Crippen molar-refractivity contribution >= 4 is 11.9 Å². The van der Waals surface area contributed by atoms with Gasteiger partial charge in [-0.25, -0.2) is 4.79 Å². The Morgan fingerprint density at radius 3 is 2.90 bits per heavy atom. The third-order valence-electron chi connectivity index (χ3n) is 3.64. The van der Waals surface area contributed by atoms with Crippen LogP contribution in [-0.4, -0.2) is 51.7 Å². The predicted octanol–water partition coefficient (Wildman–Crippen LogP) is 0.169. The lowest BCUT2D eigenvalue weighted by molar-refractivity contribution is -0.136. The van der Waals surface area contributed by atoms with Gasteiger partial charge in [-0.1, -0.05) is 0 Å². The molecule has 7 heteroatoms. The number of rotatable bonds is 3. The highest BCUT2D eigenvalue weighted by Gasteiger charge is 2.29. The molecule has 1 aliphatic heterocycles. The fraction of sp³-hybridized carbons (Fsp3) is 0.615. The maximum absolute atomic E-state index is 12.4. The minimum absolute atomic E-state index is 0.0554. The van der Waals surface area contributed by atoms with Crippen molar-refractivity contribution in [1.82, 2.24) is 19.6 Å². The molecule has 20 heavy (non-hydrogen) atoms. The van der Waals surface area contributed by atoms with Gasteiger partial charge in [-0.2, -0.15) is 5.10 Å². The van der Waals surface area contributed by atoms with Crippen LogP contribution in [0.3, 0.4) is 0 Å². The lowest BCUT2D eigenvalue weighted by Crippen LogP contribution is -2.47. The number of hydrogen-bond donors (Lipinski definition) is 1. The van der Waals surface area contributed by atoms with Crippen molar-refractivity contribution < 1.29 is 9.59 Å². The zero-order valence-corrected chi connectivity index (χ0v) is 12.0. The molecule has 1 atom stereocenters. The molecular weight excluding hydrogens is 258 g/mol. The van der Waals surface area contributed by atoms with Crippen molar-refractivity contribution in [2.45, 2.75) is 19.4 Å². The van der Waals surface area contributed by atoms with E-state index in [1.807, 2.05) is 13.2 Å². The molecule has 0 bridgehead atoms. The normalized spacial score (nSPS) is 18.9. The molecule has 0 spiro atoms. The first-order valence-corrected chi connectivity index (χ1v) is 6.74. The molecule has 0 aliphatic carbocycles. The van der Waals surface area contributed by atoms with E-state index in [0.29, 0.717) is 19.6 Å². The second kappa shape index (κ2) is 5.94. The molecule has 110 valence electrons. The van der Waals surface area contributed by atoms with Crippen LogP contribution in [0.5, 0.6) is 0 Å². The van der Waals surface area contributed by atoms with Crippen LogP contribution in [0.4, 0.5) is 4.79 Å². The van der Waals surface area contributed by atoms with Gasteiger partial charge in [-0.3, -0.25) is 9.48 Å². The smallest absolute Gasteiger partial charge is 0.314 e. The lowest BCUT2D eigenvalue weighted by Gasteiger charge is -2.32. The number of amides is 3. The minimum atomic E-state index is -0.447. The van der Waals surface area contributed by atoms with E-state index in [1.165, 1.54) is 0 Å². The molecular formula is C13H21N5O2. The van der Waals surface area contributed by atoms with E-state index in [4.69, 9.17) is 5.73 Å². The summed E-state index contributed by atoms with van der Waals surface area (Å²) in [5.74, 6) is -0.0993. The van der Waals surface area contributed by atoms with Gasteiger partial charge in [0.2, 0.25) is 5.91 Å². The van der Waals surface area contributed by atoms with E-state index >= 15 is 0 Å². The van der Waals surface area contributed by atoms with Crippen molar-refractivity contribution in [1.29, 1.82) is 0 Å². The summed E-state index contributed by atoms with van der Waals surface area (Å²) < 4.78 is 1.71. The Balaban J connectivity index is 1.94. The van der Waals surface area contributed by atoms with Gasteiger partial charge in [0.15, 0.2) is 0 Å². The number of likely N-dealkylation sites (tertiary alicyclic amines) is 1. The van der Waals surface area contributed by atoms with E-state index in [-0.39, 0.29) is 11.8 Å². The van der Waals surface area contributed by atoms with Crippen molar-refractivity contribution in [2.75, 3.05) is 20.1 Å². The zero-order valence-electron chi connectivity index (χ0n) is 12.0. The van der Waals surface area contributed by atoms with Crippen LogP contribution in [0.15, 0.2) is 12.4 Å². The van der Waals surface area contributed by atoms with Gasteiger partial charge in [0.1, 0.15) is 0 Å². The maximum Gasteiger partial charge on any atom is 0.314 e. The van der Waals surface area contributed by atoms with Gasteiger partial charge >= 0.3 is 6.03 Å². The highest BCUT2D eigenvalue weighted by atomic mass is 16.2. The number of urea groups is 1. The number of carbonyl (C=O) groups is 2. The Kier molecular flexibility index (Phi) is 4.26. The average Bonchev–Trinajstić information content (AvgIpc) is 2.83. The van der Waals surface area contributed by atoms with Crippen LogP contribution in [-0.2, 0) is 18.4 Å². The van der Waals surface area contributed by atoms with Gasteiger partial charge in [-0.15, -0.1) is 0 Å². The molecule has 2 heterocycles. The minimum Gasteiger partial charge on any atom is -0.351 e. The molecule has 7 nitrogen and oxygen atoms in total. The number of piperidine rings is 1. The highest BCUT2D eigenvalue weighted by Crippen LogP contribution is 2.19. The monoisotopic (exact) mass is 279 g/mol. The average molecular weight is 279 g/mol. The first-order valence-electron chi connectivity index (χ1n) is 6.74. The molecule has 2 rings (SSSR count). The first-order chi connectivity index (χ1) is 9.47. The van der Waals surface area contributed by atoms with Crippen molar-refractivity contribution in [2.24, 2.45) is 18.7 Å². The Labute approximate surface area is 118 Å².